The monoisotopic (exact) mass is 216 g/mol. The van der Waals surface area contributed by atoms with E-state index < -0.39 is 17.4 Å². The second-order valence-electron chi connectivity index (χ2n) is 3.03. The zero-order chi connectivity index (χ0) is 11.3. The molecule has 7 nitrogen and oxygen atoms in total. The van der Waals surface area contributed by atoms with Crippen LogP contribution in [0, 0.1) is 5.41 Å². The molecule has 0 bridgehead atoms. The molecule has 0 aromatic carbocycles. The SMILES string of the molecule is O=COCC1(COC=O)CC(=O)OC1=O. The highest BCUT2D eigenvalue weighted by molar-refractivity contribution is 5.97. The predicted octanol–water partition coefficient (Wildman–Crippen LogP) is -1.21. The molecule has 0 radical (unpaired) electrons. The van der Waals surface area contributed by atoms with Crippen molar-refractivity contribution >= 4 is 24.9 Å². The van der Waals surface area contributed by atoms with Gasteiger partial charge < -0.3 is 14.2 Å². The number of rotatable bonds is 6. The first-order valence-electron chi connectivity index (χ1n) is 4.00. The Morgan fingerprint density at radius 3 is 2.07 bits per heavy atom. The Kier molecular flexibility index (Phi) is 3.37. The van der Waals surface area contributed by atoms with Gasteiger partial charge in [0.25, 0.3) is 12.9 Å². The van der Waals surface area contributed by atoms with E-state index in [1.54, 1.807) is 0 Å². The Morgan fingerprint density at radius 1 is 1.20 bits per heavy atom. The van der Waals surface area contributed by atoms with Crippen molar-refractivity contribution in [2.75, 3.05) is 13.2 Å². The van der Waals surface area contributed by atoms with Gasteiger partial charge in [0.15, 0.2) is 0 Å². The molecule has 0 spiro atoms. The zero-order valence-corrected chi connectivity index (χ0v) is 7.63. The third kappa shape index (κ3) is 2.30. The van der Waals surface area contributed by atoms with Crippen LogP contribution in [-0.4, -0.2) is 38.1 Å². The Morgan fingerprint density at radius 2 is 1.73 bits per heavy atom. The van der Waals surface area contributed by atoms with Crippen LogP contribution in [-0.2, 0) is 33.4 Å². The average molecular weight is 216 g/mol. The largest absolute Gasteiger partial charge is 0.467 e. The minimum atomic E-state index is -1.39. The smallest absolute Gasteiger partial charge is 0.327 e. The molecule has 0 atom stereocenters. The summed E-state index contributed by atoms with van der Waals surface area (Å²) in [6.07, 6.45) is -0.270. The Balaban J connectivity index is 2.75. The van der Waals surface area contributed by atoms with Crippen molar-refractivity contribution in [3.63, 3.8) is 0 Å². The number of esters is 2. The first-order valence-corrected chi connectivity index (χ1v) is 4.00. The summed E-state index contributed by atoms with van der Waals surface area (Å²) in [5.41, 5.74) is -1.39. The molecule has 1 heterocycles. The van der Waals surface area contributed by atoms with Crippen LogP contribution in [0.5, 0.6) is 0 Å². The Hall–Kier alpha value is -1.92. The summed E-state index contributed by atoms with van der Waals surface area (Å²) in [7, 11) is 0. The Bertz CT molecular complexity index is 283. The fraction of sp³-hybridized carbons (Fsp3) is 0.500. The van der Waals surface area contributed by atoms with Gasteiger partial charge in [-0.25, -0.2) is 0 Å². The van der Waals surface area contributed by atoms with Gasteiger partial charge in [-0.2, -0.15) is 0 Å². The van der Waals surface area contributed by atoms with Crippen LogP contribution >= 0.6 is 0 Å². The molecule has 82 valence electrons. The first-order chi connectivity index (χ1) is 7.14. The van der Waals surface area contributed by atoms with Gasteiger partial charge in [0.2, 0.25) is 0 Å². The lowest BCUT2D eigenvalue weighted by atomic mass is 9.88. The van der Waals surface area contributed by atoms with Crippen LogP contribution in [0.1, 0.15) is 6.42 Å². The molecular weight excluding hydrogens is 208 g/mol. The first kappa shape index (κ1) is 11.2. The standard InChI is InChI=1S/C8H8O7/c9-4-13-2-8(3-14-5-10)1-6(11)15-7(8)12/h4-5H,1-3H2. The quantitative estimate of drug-likeness (QED) is 0.238. The summed E-state index contributed by atoms with van der Waals surface area (Å²) in [6, 6.07) is 0. The predicted molar refractivity (Wildman–Crippen MR) is 42.2 cm³/mol. The third-order valence-corrected chi connectivity index (χ3v) is 1.98. The fourth-order valence-electron chi connectivity index (χ4n) is 1.24. The van der Waals surface area contributed by atoms with Crippen molar-refractivity contribution in [2.24, 2.45) is 5.41 Å². The van der Waals surface area contributed by atoms with Crippen LogP contribution in [0.2, 0.25) is 0 Å². The molecule has 1 rings (SSSR count). The second-order valence-corrected chi connectivity index (χ2v) is 3.03. The summed E-state index contributed by atoms with van der Waals surface area (Å²) in [4.78, 5) is 42.1. The molecule has 7 heteroatoms. The molecule has 0 saturated carbocycles. The van der Waals surface area contributed by atoms with Gasteiger partial charge in [-0.1, -0.05) is 0 Å². The summed E-state index contributed by atoms with van der Waals surface area (Å²) < 4.78 is 13.1. The van der Waals surface area contributed by atoms with Gasteiger partial charge in [-0.15, -0.1) is 0 Å². The van der Waals surface area contributed by atoms with E-state index in [1.807, 2.05) is 0 Å². The molecule has 1 fully saturated rings. The lowest BCUT2D eigenvalue weighted by Gasteiger charge is -2.20. The van der Waals surface area contributed by atoms with Crippen molar-refractivity contribution in [1.82, 2.24) is 0 Å². The van der Waals surface area contributed by atoms with E-state index in [-0.39, 0.29) is 32.6 Å². The Labute approximate surface area is 84.3 Å². The molecule has 0 aliphatic carbocycles. The van der Waals surface area contributed by atoms with Gasteiger partial charge >= 0.3 is 11.9 Å². The minimum absolute atomic E-state index is 0.138. The van der Waals surface area contributed by atoms with Crippen molar-refractivity contribution in [3.05, 3.63) is 0 Å². The third-order valence-electron chi connectivity index (χ3n) is 1.98. The average Bonchev–Trinajstić information content (AvgIpc) is 2.48. The number of cyclic esters (lactones) is 2. The molecule has 0 aromatic rings. The summed E-state index contributed by atoms with van der Waals surface area (Å²) in [5.74, 6) is -1.58. The maximum Gasteiger partial charge on any atom is 0.327 e. The van der Waals surface area contributed by atoms with Gasteiger partial charge in [0.05, 0.1) is 6.42 Å². The van der Waals surface area contributed by atoms with Crippen molar-refractivity contribution in [2.45, 2.75) is 6.42 Å². The van der Waals surface area contributed by atoms with Crippen LogP contribution in [0.15, 0.2) is 0 Å². The highest BCUT2D eigenvalue weighted by atomic mass is 16.6. The molecule has 1 saturated heterocycles. The molecule has 0 amide bonds. The van der Waals surface area contributed by atoms with E-state index in [1.165, 1.54) is 0 Å². The van der Waals surface area contributed by atoms with Gasteiger partial charge in [-0.3, -0.25) is 19.2 Å². The van der Waals surface area contributed by atoms with E-state index in [4.69, 9.17) is 0 Å². The van der Waals surface area contributed by atoms with Crippen LogP contribution in [0.3, 0.4) is 0 Å². The van der Waals surface area contributed by atoms with E-state index >= 15 is 0 Å². The van der Waals surface area contributed by atoms with E-state index in [0.29, 0.717) is 0 Å². The van der Waals surface area contributed by atoms with Crippen LogP contribution in [0.25, 0.3) is 0 Å². The number of carbonyl (C=O) groups is 4. The van der Waals surface area contributed by atoms with Gasteiger partial charge in [0, 0.05) is 0 Å². The lowest BCUT2D eigenvalue weighted by Crippen LogP contribution is -2.36. The van der Waals surface area contributed by atoms with Crippen LogP contribution in [0.4, 0.5) is 0 Å². The van der Waals surface area contributed by atoms with Crippen molar-refractivity contribution < 1.29 is 33.4 Å². The number of hydrogen-bond acceptors (Lipinski definition) is 7. The molecule has 15 heavy (non-hydrogen) atoms. The zero-order valence-electron chi connectivity index (χ0n) is 7.63. The highest BCUT2D eigenvalue weighted by Gasteiger charge is 2.51. The van der Waals surface area contributed by atoms with E-state index in [9.17, 15) is 19.2 Å². The summed E-state index contributed by atoms with van der Waals surface area (Å²) in [5, 5.41) is 0. The maximum absolute atomic E-state index is 11.3. The van der Waals surface area contributed by atoms with E-state index in [0.717, 1.165) is 0 Å². The van der Waals surface area contributed by atoms with Crippen molar-refractivity contribution in [3.8, 4) is 0 Å². The van der Waals surface area contributed by atoms with Gasteiger partial charge in [0.1, 0.15) is 18.6 Å². The van der Waals surface area contributed by atoms with E-state index in [2.05, 4.69) is 14.2 Å². The summed E-state index contributed by atoms with van der Waals surface area (Å²) in [6.45, 7) is -0.429. The highest BCUT2D eigenvalue weighted by Crippen LogP contribution is 2.31. The fourth-order valence-corrected chi connectivity index (χ4v) is 1.24. The van der Waals surface area contributed by atoms with Crippen molar-refractivity contribution in [1.29, 1.82) is 0 Å². The molecule has 0 aromatic heterocycles. The normalized spacial score (nSPS) is 18.1. The number of ether oxygens (including phenoxy) is 3. The minimum Gasteiger partial charge on any atom is -0.467 e. The lowest BCUT2D eigenvalue weighted by molar-refractivity contribution is -0.159. The maximum atomic E-state index is 11.3. The van der Waals surface area contributed by atoms with Gasteiger partial charge in [-0.05, 0) is 0 Å². The molecular formula is C8H8O7. The van der Waals surface area contributed by atoms with Crippen LogP contribution < -0.4 is 0 Å². The second kappa shape index (κ2) is 4.54. The molecule has 0 unspecified atom stereocenters. The molecule has 0 N–H and O–H groups in total. The molecule has 1 aliphatic rings. The molecule has 1 aliphatic heterocycles. The number of hydrogen-bond donors (Lipinski definition) is 0. The topological polar surface area (TPSA) is 96.0 Å². The summed E-state index contributed by atoms with van der Waals surface area (Å²) >= 11 is 0. The number of carbonyl (C=O) groups excluding carboxylic acids is 4.